The molecule has 3 heteroatoms. The van der Waals surface area contributed by atoms with Crippen LogP contribution in [0.4, 0.5) is 0 Å². The quantitative estimate of drug-likeness (QED) is 0.538. The van der Waals surface area contributed by atoms with Gasteiger partial charge in [-0.15, -0.1) is 11.8 Å². The predicted molar refractivity (Wildman–Crippen MR) is 69.8 cm³/mol. The minimum Gasteiger partial charge on any atom is -0.466 e. The van der Waals surface area contributed by atoms with Crippen LogP contribution in [0, 0.1) is 23.7 Å². The van der Waals surface area contributed by atoms with Crippen molar-refractivity contribution in [2.24, 2.45) is 11.8 Å². The average molecular weight is 250 g/mol. The van der Waals surface area contributed by atoms with Crippen LogP contribution in [0.2, 0.25) is 0 Å². The number of ketones is 1. The van der Waals surface area contributed by atoms with Gasteiger partial charge in [-0.1, -0.05) is 6.92 Å². The number of hydrogen-bond acceptors (Lipinski definition) is 3. The highest BCUT2D eigenvalue weighted by atomic mass is 16.5. The van der Waals surface area contributed by atoms with Crippen LogP contribution in [-0.4, -0.2) is 18.4 Å². The van der Waals surface area contributed by atoms with E-state index in [-0.39, 0.29) is 17.8 Å². The largest absolute Gasteiger partial charge is 0.466 e. The molecule has 1 rings (SSSR count). The molecule has 0 bridgehead atoms. The molecule has 0 aromatic carbocycles. The Labute approximate surface area is 109 Å². The Bertz CT molecular complexity index is 348. The highest BCUT2D eigenvalue weighted by Crippen LogP contribution is 2.34. The molecule has 0 heterocycles. The van der Waals surface area contributed by atoms with Crippen molar-refractivity contribution in [3.8, 4) is 11.8 Å². The smallest absolute Gasteiger partial charge is 0.306 e. The molecule has 0 N–H and O–H groups in total. The third-order valence-corrected chi connectivity index (χ3v) is 3.40. The lowest BCUT2D eigenvalue weighted by atomic mass is 9.89. The Morgan fingerprint density at radius 1 is 1.50 bits per heavy atom. The number of rotatable bonds is 6. The molecule has 1 aliphatic carbocycles. The lowest BCUT2D eigenvalue weighted by Gasteiger charge is -2.16. The fourth-order valence-electron chi connectivity index (χ4n) is 2.46. The van der Waals surface area contributed by atoms with Gasteiger partial charge in [-0.05, 0) is 32.1 Å². The summed E-state index contributed by atoms with van der Waals surface area (Å²) in [6.07, 6.45) is 4.18. The van der Waals surface area contributed by atoms with Gasteiger partial charge in [0.05, 0.1) is 6.61 Å². The molecule has 1 aliphatic rings. The zero-order chi connectivity index (χ0) is 13.4. The summed E-state index contributed by atoms with van der Waals surface area (Å²) in [7, 11) is 0. The first-order valence-corrected chi connectivity index (χ1v) is 6.77. The van der Waals surface area contributed by atoms with Gasteiger partial charge in [0.25, 0.3) is 0 Å². The van der Waals surface area contributed by atoms with E-state index >= 15 is 0 Å². The van der Waals surface area contributed by atoms with Crippen molar-refractivity contribution in [3.05, 3.63) is 0 Å². The summed E-state index contributed by atoms with van der Waals surface area (Å²) in [5.41, 5.74) is 0. The first-order valence-electron chi connectivity index (χ1n) is 6.77. The molecular weight excluding hydrogens is 228 g/mol. The second kappa shape index (κ2) is 7.92. The van der Waals surface area contributed by atoms with Crippen molar-refractivity contribution in [1.29, 1.82) is 0 Å². The molecule has 0 radical (unpaired) electrons. The first kappa shape index (κ1) is 14.8. The summed E-state index contributed by atoms with van der Waals surface area (Å²) in [4.78, 5) is 23.4. The Kier molecular flexibility index (Phi) is 6.49. The summed E-state index contributed by atoms with van der Waals surface area (Å²) in [5, 5.41) is 0. The van der Waals surface area contributed by atoms with E-state index in [1.807, 2.05) is 6.92 Å². The van der Waals surface area contributed by atoms with Gasteiger partial charge in [0.2, 0.25) is 0 Å². The van der Waals surface area contributed by atoms with Gasteiger partial charge in [0.15, 0.2) is 0 Å². The second-order valence-electron chi connectivity index (χ2n) is 4.76. The highest BCUT2D eigenvalue weighted by molar-refractivity contribution is 5.84. The summed E-state index contributed by atoms with van der Waals surface area (Å²) in [6.45, 7) is 4.25. The van der Waals surface area contributed by atoms with Gasteiger partial charge in [-0.3, -0.25) is 9.59 Å². The molecule has 0 aliphatic heterocycles. The lowest BCUT2D eigenvalue weighted by Crippen LogP contribution is -2.19. The van der Waals surface area contributed by atoms with E-state index in [0.29, 0.717) is 25.2 Å². The monoisotopic (exact) mass is 250 g/mol. The van der Waals surface area contributed by atoms with Crippen molar-refractivity contribution in [2.75, 3.05) is 6.61 Å². The molecule has 1 fully saturated rings. The number of ether oxygens (including phenoxy) is 1. The van der Waals surface area contributed by atoms with E-state index in [2.05, 4.69) is 11.8 Å². The van der Waals surface area contributed by atoms with Crippen LogP contribution < -0.4 is 0 Å². The number of hydrogen-bond donors (Lipinski definition) is 0. The van der Waals surface area contributed by atoms with Gasteiger partial charge in [-0.2, -0.15) is 0 Å². The molecule has 1 saturated carbocycles. The molecule has 0 aromatic heterocycles. The maximum atomic E-state index is 11.8. The molecule has 0 aromatic rings. The molecule has 0 amide bonds. The Hall–Kier alpha value is -1.30. The van der Waals surface area contributed by atoms with Crippen LogP contribution in [0.3, 0.4) is 0 Å². The van der Waals surface area contributed by atoms with Crippen molar-refractivity contribution in [2.45, 2.75) is 52.4 Å². The van der Waals surface area contributed by atoms with Crippen LogP contribution in [0.15, 0.2) is 0 Å². The van der Waals surface area contributed by atoms with Crippen LogP contribution >= 0.6 is 0 Å². The minimum absolute atomic E-state index is 0.0139. The van der Waals surface area contributed by atoms with E-state index in [1.54, 1.807) is 6.92 Å². The highest BCUT2D eigenvalue weighted by Gasteiger charge is 2.35. The van der Waals surface area contributed by atoms with Gasteiger partial charge >= 0.3 is 5.97 Å². The molecular formula is C15H22O3. The SMILES string of the molecule is CC#CCCC1C(=O)CCC1CC(=O)OCCC. The molecule has 100 valence electrons. The van der Waals surface area contributed by atoms with Crippen molar-refractivity contribution >= 4 is 11.8 Å². The zero-order valence-corrected chi connectivity index (χ0v) is 11.3. The Morgan fingerprint density at radius 2 is 2.28 bits per heavy atom. The predicted octanol–water partition coefficient (Wildman–Crippen LogP) is 2.73. The van der Waals surface area contributed by atoms with Crippen LogP contribution in [0.25, 0.3) is 0 Å². The zero-order valence-electron chi connectivity index (χ0n) is 11.3. The first-order chi connectivity index (χ1) is 8.69. The van der Waals surface area contributed by atoms with Crippen molar-refractivity contribution in [3.63, 3.8) is 0 Å². The van der Waals surface area contributed by atoms with Crippen molar-refractivity contribution < 1.29 is 14.3 Å². The minimum atomic E-state index is -0.164. The molecule has 18 heavy (non-hydrogen) atoms. The fourth-order valence-corrected chi connectivity index (χ4v) is 2.46. The summed E-state index contributed by atoms with van der Waals surface area (Å²) >= 11 is 0. The maximum Gasteiger partial charge on any atom is 0.306 e. The number of carbonyl (C=O) groups excluding carboxylic acids is 2. The Morgan fingerprint density at radius 3 is 2.94 bits per heavy atom. The van der Waals surface area contributed by atoms with Crippen LogP contribution in [-0.2, 0) is 14.3 Å². The van der Waals surface area contributed by atoms with Gasteiger partial charge in [-0.25, -0.2) is 0 Å². The third kappa shape index (κ3) is 4.52. The summed E-state index contributed by atoms with van der Waals surface area (Å²) < 4.78 is 5.08. The van der Waals surface area contributed by atoms with Gasteiger partial charge < -0.3 is 4.74 Å². The van der Waals surface area contributed by atoms with Gasteiger partial charge in [0, 0.05) is 25.2 Å². The van der Waals surface area contributed by atoms with Crippen LogP contribution in [0.1, 0.15) is 52.4 Å². The number of carbonyl (C=O) groups is 2. The van der Waals surface area contributed by atoms with Gasteiger partial charge in [0.1, 0.15) is 5.78 Å². The molecule has 0 saturated heterocycles. The van der Waals surface area contributed by atoms with E-state index in [9.17, 15) is 9.59 Å². The lowest BCUT2D eigenvalue weighted by molar-refractivity contribution is -0.145. The molecule has 3 nitrogen and oxygen atoms in total. The van der Waals surface area contributed by atoms with E-state index < -0.39 is 0 Å². The second-order valence-corrected chi connectivity index (χ2v) is 4.76. The maximum absolute atomic E-state index is 11.8. The normalized spacial score (nSPS) is 22.4. The fraction of sp³-hybridized carbons (Fsp3) is 0.733. The topological polar surface area (TPSA) is 43.4 Å². The molecule has 0 spiro atoms. The van der Waals surface area contributed by atoms with Crippen molar-refractivity contribution in [1.82, 2.24) is 0 Å². The van der Waals surface area contributed by atoms with E-state index in [1.165, 1.54) is 0 Å². The summed E-state index contributed by atoms with van der Waals surface area (Å²) in [5.74, 6) is 6.13. The molecule has 2 unspecified atom stereocenters. The number of esters is 1. The third-order valence-electron chi connectivity index (χ3n) is 3.40. The van der Waals surface area contributed by atoms with E-state index in [4.69, 9.17) is 4.74 Å². The van der Waals surface area contributed by atoms with E-state index in [0.717, 1.165) is 25.7 Å². The standard InChI is InChI=1S/C15H22O3/c1-3-5-6-7-13-12(8-9-14(13)16)11-15(17)18-10-4-2/h12-13H,4,6-11H2,1-2H3. The summed E-state index contributed by atoms with van der Waals surface area (Å²) in [6, 6.07) is 0. The average Bonchev–Trinajstić information content (AvgIpc) is 2.69. The Balaban J connectivity index is 2.44. The number of Topliss-reactive ketones (excluding diaryl/α,β-unsaturated/α-hetero) is 1. The molecule has 2 atom stereocenters. The van der Waals surface area contributed by atoms with Crippen LogP contribution in [0.5, 0.6) is 0 Å².